The van der Waals surface area contributed by atoms with Crippen LogP contribution < -0.4 is 10.1 Å². The summed E-state index contributed by atoms with van der Waals surface area (Å²) in [5.41, 5.74) is 1.81. The summed E-state index contributed by atoms with van der Waals surface area (Å²) in [6.07, 6.45) is -0.0772. The van der Waals surface area contributed by atoms with E-state index in [1.807, 2.05) is 0 Å². The van der Waals surface area contributed by atoms with E-state index < -0.39 is 6.10 Å². The van der Waals surface area contributed by atoms with Crippen molar-refractivity contribution in [1.29, 1.82) is 0 Å². The van der Waals surface area contributed by atoms with Crippen LogP contribution in [0.5, 0.6) is 5.75 Å². The van der Waals surface area contributed by atoms with Crippen LogP contribution in [0.1, 0.15) is 23.2 Å². The maximum absolute atomic E-state index is 12.8. The maximum atomic E-state index is 12.8. The molecule has 1 unspecified atom stereocenters. The van der Waals surface area contributed by atoms with Crippen LogP contribution >= 0.6 is 34.5 Å². The molecule has 10 heteroatoms. The number of amides is 1. The molecule has 1 amide bonds. The number of carbonyl (C=O) groups excluding carboxylic acids is 1. The molecule has 4 rings (SSSR count). The molecular formula is C19H17Cl2N3O4S. The van der Waals surface area contributed by atoms with Crippen molar-refractivity contribution in [3.8, 4) is 17.2 Å². The lowest BCUT2D eigenvalue weighted by atomic mass is 10.1. The Balaban J connectivity index is 1.58. The lowest BCUT2D eigenvalue weighted by molar-refractivity contribution is -0.122. The van der Waals surface area contributed by atoms with Crippen molar-refractivity contribution in [2.24, 2.45) is 0 Å². The summed E-state index contributed by atoms with van der Waals surface area (Å²) in [6.45, 7) is 4.49. The number of benzene rings is 1. The van der Waals surface area contributed by atoms with Gasteiger partial charge in [-0.2, -0.15) is 4.98 Å². The van der Waals surface area contributed by atoms with Gasteiger partial charge in [0.05, 0.1) is 23.8 Å². The van der Waals surface area contributed by atoms with Gasteiger partial charge in [0.25, 0.3) is 11.8 Å². The summed E-state index contributed by atoms with van der Waals surface area (Å²) in [5, 5.41) is 8.26. The smallest absolute Gasteiger partial charge is 0.265 e. The number of anilines is 1. The molecule has 0 radical (unpaired) electrons. The second kappa shape index (κ2) is 8.31. The Kier molecular flexibility index (Phi) is 5.78. The van der Waals surface area contributed by atoms with Gasteiger partial charge in [-0.15, -0.1) is 11.3 Å². The van der Waals surface area contributed by atoms with Gasteiger partial charge in [0, 0.05) is 9.90 Å². The molecule has 1 aromatic carbocycles. The zero-order valence-electron chi connectivity index (χ0n) is 15.6. The maximum Gasteiger partial charge on any atom is 0.265 e. The zero-order chi connectivity index (χ0) is 20.5. The molecule has 0 bridgehead atoms. The number of hydrogen-bond donors (Lipinski definition) is 1. The molecule has 0 saturated heterocycles. The third-order valence-electron chi connectivity index (χ3n) is 4.37. The van der Waals surface area contributed by atoms with Gasteiger partial charge < -0.3 is 19.3 Å². The summed E-state index contributed by atoms with van der Waals surface area (Å²) in [6, 6.07) is 4.84. The van der Waals surface area contributed by atoms with E-state index in [1.54, 1.807) is 32.0 Å². The number of fused-ring (bicyclic) bond motifs is 1. The number of halogens is 2. The largest absolute Gasteiger partial charge is 0.479 e. The summed E-state index contributed by atoms with van der Waals surface area (Å²) in [4.78, 5) is 18.2. The van der Waals surface area contributed by atoms with Crippen LogP contribution in [0.25, 0.3) is 11.5 Å². The minimum absolute atomic E-state index is 0.326. The number of thiophene rings is 1. The molecule has 0 spiro atoms. The minimum Gasteiger partial charge on any atom is -0.479 e. The third kappa shape index (κ3) is 4.25. The number of carbonyl (C=O) groups is 1. The Morgan fingerprint density at radius 3 is 2.93 bits per heavy atom. The number of nitrogens with one attached hydrogen (secondary N) is 1. The summed E-state index contributed by atoms with van der Waals surface area (Å²) in [5.74, 6) is 0.961. The molecule has 1 atom stereocenters. The van der Waals surface area contributed by atoms with Crippen molar-refractivity contribution in [2.75, 3.05) is 11.9 Å². The van der Waals surface area contributed by atoms with Crippen LogP contribution in [-0.4, -0.2) is 28.8 Å². The van der Waals surface area contributed by atoms with E-state index in [1.165, 1.54) is 11.3 Å². The monoisotopic (exact) mass is 453 g/mol. The first-order valence-electron chi connectivity index (χ1n) is 8.88. The number of rotatable bonds is 5. The van der Waals surface area contributed by atoms with Gasteiger partial charge in [0.1, 0.15) is 10.8 Å². The topological polar surface area (TPSA) is 86.5 Å². The quantitative estimate of drug-likeness (QED) is 0.591. The predicted octanol–water partition coefficient (Wildman–Crippen LogP) is 4.89. The van der Waals surface area contributed by atoms with Crippen molar-refractivity contribution in [3.63, 3.8) is 0 Å². The first kappa shape index (κ1) is 20.2. The second-order valence-corrected chi connectivity index (χ2v) is 8.43. The molecule has 7 nitrogen and oxygen atoms in total. The van der Waals surface area contributed by atoms with Gasteiger partial charge in [-0.3, -0.25) is 4.79 Å². The van der Waals surface area contributed by atoms with E-state index in [2.05, 4.69) is 15.5 Å². The molecule has 3 aromatic rings. The van der Waals surface area contributed by atoms with Gasteiger partial charge in [0.2, 0.25) is 0 Å². The van der Waals surface area contributed by atoms with E-state index in [4.69, 9.17) is 37.2 Å². The third-order valence-corrected chi connectivity index (χ3v) is 6.02. The summed E-state index contributed by atoms with van der Waals surface area (Å²) >= 11 is 13.5. The average Bonchev–Trinajstić information content (AvgIpc) is 3.26. The molecular weight excluding hydrogens is 437 g/mol. The van der Waals surface area contributed by atoms with Gasteiger partial charge in [-0.25, -0.2) is 0 Å². The van der Waals surface area contributed by atoms with Crippen LogP contribution in [0.4, 0.5) is 5.00 Å². The van der Waals surface area contributed by atoms with Crippen molar-refractivity contribution in [2.45, 2.75) is 33.0 Å². The van der Waals surface area contributed by atoms with Crippen LogP contribution in [-0.2, 0) is 22.6 Å². The SMILES string of the molecule is Cc1noc(-c2c(NC(=O)C(C)Oc3ccc(Cl)cc3Cl)sc3c2CCOC3)n1. The molecule has 2 aromatic heterocycles. The Morgan fingerprint density at radius 1 is 1.38 bits per heavy atom. The molecule has 29 heavy (non-hydrogen) atoms. The Labute approximate surface area is 180 Å². The van der Waals surface area contributed by atoms with Crippen LogP contribution in [0.2, 0.25) is 10.0 Å². The van der Waals surface area contributed by atoms with Gasteiger partial charge in [-0.1, -0.05) is 28.4 Å². The number of aryl methyl sites for hydroxylation is 1. The fourth-order valence-corrected chi connectivity index (χ4v) is 4.61. The lowest BCUT2D eigenvalue weighted by Crippen LogP contribution is -2.30. The molecule has 0 fully saturated rings. The molecule has 1 aliphatic rings. The fraction of sp³-hybridized carbons (Fsp3) is 0.316. The molecule has 1 aliphatic heterocycles. The van der Waals surface area contributed by atoms with Crippen LogP contribution in [0.15, 0.2) is 22.7 Å². The lowest BCUT2D eigenvalue weighted by Gasteiger charge is -2.15. The van der Waals surface area contributed by atoms with Crippen molar-refractivity contribution in [1.82, 2.24) is 10.1 Å². The highest BCUT2D eigenvalue weighted by atomic mass is 35.5. The highest BCUT2D eigenvalue weighted by Gasteiger charge is 2.28. The van der Waals surface area contributed by atoms with Gasteiger partial charge in [0.15, 0.2) is 11.9 Å². The van der Waals surface area contributed by atoms with Crippen LogP contribution in [0.3, 0.4) is 0 Å². The first-order chi connectivity index (χ1) is 13.9. The van der Waals surface area contributed by atoms with Gasteiger partial charge >= 0.3 is 0 Å². The van der Waals surface area contributed by atoms with E-state index in [9.17, 15) is 4.79 Å². The summed E-state index contributed by atoms with van der Waals surface area (Å²) in [7, 11) is 0. The van der Waals surface area contributed by atoms with E-state index in [0.29, 0.717) is 52.1 Å². The Hall–Kier alpha value is -2.13. The van der Waals surface area contributed by atoms with E-state index >= 15 is 0 Å². The first-order valence-corrected chi connectivity index (χ1v) is 10.4. The molecule has 1 N–H and O–H groups in total. The Morgan fingerprint density at radius 2 is 2.21 bits per heavy atom. The number of hydrogen-bond acceptors (Lipinski definition) is 7. The molecule has 3 heterocycles. The van der Waals surface area contributed by atoms with E-state index in [0.717, 1.165) is 16.0 Å². The van der Waals surface area contributed by atoms with Gasteiger partial charge in [-0.05, 0) is 44.0 Å². The standard InChI is InChI=1S/C19H17Cl2N3O4S/c1-9(27-14-4-3-11(20)7-13(14)21)17(25)23-19-16(18-22-10(2)24-28-18)12-5-6-26-8-15(12)29-19/h3-4,7,9H,5-6,8H2,1-2H3,(H,23,25). The molecule has 0 aliphatic carbocycles. The van der Waals surface area contributed by atoms with E-state index in [-0.39, 0.29) is 5.91 Å². The molecule has 0 saturated carbocycles. The Bertz CT molecular complexity index is 1070. The zero-order valence-corrected chi connectivity index (χ0v) is 18.0. The van der Waals surface area contributed by atoms with Crippen molar-refractivity contribution >= 4 is 45.4 Å². The highest BCUT2D eigenvalue weighted by molar-refractivity contribution is 7.17. The van der Waals surface area contributed by atoms with Crippen LogP contribution in [0, 0.1) is 6.92 Å². The fourth-order valence-electron chi connectivity index (χ4n) is 2.97. The van der Waals surface area contributed by atoms with Crippen molar-refractivity contribution in [3.05, 3.63) is 44.5 Å². The molecule has 152 valence electrons. The number of nitrogens with zero attached hydrogens (tertiary/aromatic N) is 2. The second-order valence-electron chi connectivity index (χ2n) is 6.48. The average molecular weight is 454 g/mol. The number of aromatic nitrogens is 2. The predicted molar refractivity (Wildman–Crippen MR) is 111 cm³/mol. The summed E-state index contributed by atoms with van der Waals surface area (Å²) < 4.78 is 16.6. The number of ether oxygens (including phenoxy) is 2. The minimum atomic E-state index is -0.790. The van der Waals surface area contributed by atoms with Crippen molar-refractivity contribution < 1.29 is 18.8 Å². The normalized spacial score (nSPS) is 14.3. The highest BCUT2D eigenvalue weighted by Crippen LogP contribution is 2.42.